The molecule has 0 unspecified atom stereocenters. The quantitative estimate of drug-likeness (QED) is 0.441. The van der Waals surface area contributed by atoms with Gasteiger partial charge in [0, 0.05) is 36.6 Å². The van der Waals surface area contributed by atoms with Gasteiger partial charge in [0.15, 0.2) is 0 Å². The third-order valence-electron chi connectivity index (χ3n) is 8.44. The fraction of sp³-hybridized carbons (Fsp3) is 0.400. The van der Waals surface area contributed by atoms with Crippen molar-refractivity contribution in [2.75, 3.05) is 38.2 Å². The van der Waals surface area contributed by atoms with E-state index in [0.29, 0.717) is 30.7 Å². The van der Waals surface area contributed by atoms with E-state index in [-0.39, 0.29) is 0 Å². The van der Waals surface area contributed by atoms with Crippen LogP contribution in [0.3, 0.4) is 0 Å². The summed E-state index contributed by atoms with van der Waals surface area (Å²) in [6.45, 7) is 3.80. The van der Waals surface area contributed by atoms with E-state index in [4.69, 9.17) is 14.7 Å². The van der Waals surface area contributed by atoms with Crippen molar-refractivity contribution in [1.82, 2.24) is 20.2 Å². The van der Waals surface area contributed by atoms with Gasteiger partial charge >= 0.3 is 6.01 Å². The Labute approximate surface area is 212 Å². The van der Waals surface area contributed by atoms with Crippen LogP contribution in [0.5, 0.6) is 6.01 Å². The lowest BCUT2D eigenvalue weighted by atomic mass is 10.00. The number of fused-ring (bicyclic) bond motifs is 4. The van der Waals surface area contributed by atoms with Gasteiger partial charge in [-0.25, -0.2) is 0 Å². The summed E-state index contributed by atoms with van der Waals surface area (Å²) < 4.78 is 6.29. The molecule has 184 valence electrons. The zero-order valence-electron chi connectivity index (χ0n) is 20.9. The van der Waals surface area contributed by atoms with Crippen molar-refractivity contribution in [2.24, 2.45) is 0 Å². The van der Waals surface area contributed by atoms with Crippen molar-refractivity contribution in [1.29, 1.82) is 0 Å². The third-order valence-corrected chi connectivity index (χ3v) is 8.44. The minimum Gasteiger partial charge on any atom is -0.462 e. The van der Waals surface area contributed by atoms with Crippen LogP contribution in [-0.2, 0) is 0 Å². The van der Waals surface area contributed by atoms with Gasteiger partial charge in [-0.2, -0.15) is 9.97 Å². The van der Waals surface area contributed by atoms with Gasteiger partial charge in [-0.3, -0.25) is 0 Å². The summed E-state index contributed by atoms with van der Waals surface area (Å²) in [6, 6.07) is 23.7. The molecular weight excluding hydrogens is 446 g/mol. The Morgan fingerprint density at radius 1 is 0.889 bits per heavy atom. The van der Waals surface area contributed by atoms with Crippen molar-refractivity contribution in [3.05, 3.63) is 60.7 Å². The van der Waals surface area contributed by atoms with Crippen LogP contribution >= 0.6 is 0 Å². The molecule has 6 nitrogen and oxygen atoms in total. The molecule has 3 saturated heterocycles. The largest absolute Gasteiger partial charge is 0.462 e. The number of anilines is 1. The van der Waals surface area contributed by atoms with Crippen LogP contribution in [-0.4, -0.2) is 66.3 Å². The average molecular weight is 480 g/mol. The lowest BCUT2D eigenvalue weighted by Gasteiger charge is -2.37. The lowest BCUT2D eigenvalue weighted by molar-refractivity contribution is 0.188. The predicted molar refractivity (Wildman–Crippen MR) is 146 cm³/mol. The van der Waals surface area contributed by atoms with E-state index in [2.05, 4.69) is 82.8 Å². The molecule has 3 atom stereocenters. The van der Waals surface area contributed by atoms with E-state index >= 15 is 0 Å². The molecular formula is C30H33N5O. The van der Waals surface area contributed by atoms with Crippen molar-refractivity contribution in [3.63, 3.8) is 0 Å². The molecule has 36 heavy (non-hydrogen) atoms. The molecule has 0 radical (unpaired) electrons. The summed E-state index contributed by atoms with van der Waals surface area (Å²) in [5.74, 6) is 1.04. The van der Waals surface area contributed by atoms with Crippen molar-refractivity contribution in [2.45, 2.75) is 43.8 Å². The van der Waals surface area contributed by atoms with Gasteiger partial charge in [0.2, 0.25) is 0 Å². The summed E-state index contributed by atoms with van der Waals surface area (Å²) in [6.07, 6.45) is 4.82. The Balaban J connectivity index is 1.30. The number of hydrogen-bond donors (Lipinski definition) is 1. The summed E-state index contributed by atoms with van der Waals surface area (Å²) in [4.78, 5) is 14.9. The maximum atomic E-state index is 6.29. The minimum atomic E-state index is 0.437. The van der Waals surface area contributed by atoms with Crippen LogP contribution in [0.25, 0.3) is 32.8 Å². The Kier molecular flexibility index (Phi) is 5.51. The van der Waals surface area contributed by atoms with Crippen molar-refractivity contribution < 1.29 is 4.74 Å². The molecule has 3 aliphatic heterocycles. The Hall–Kier alpha value is -3.22. The molecule has 0 saturated carbocycles. The summed E-state index contributed by atoms with van der Waals surface area (Å²) in [7, 11) is 2.18. The Morgan fingerprint density at radius 3 is 2.47 bits per heavy atom. The monoisotopic (exact) mass is 479 g/mol. The van der Waals surface area contributed by atoms with Gasteiger partial charge in [-0.1, -0.05) is 42.5 Å². The molecule has 4 aromatic rings. The summed E-state index contributed by atoms with van der Waals surface area (Å²) >= 11 is 0. The van der Waals surface area contributed by atoms with Gasteiger partial charge < -0.3 is 19.9 Å². The average Bonchev–Trinajstić information content (AvgIpc) is 3.44. The number of aromatic nitrogens is 2. The van der Waals surface area contributed by atoms with E-state index in [1.54, 1.807) is 0 Å². The Morgan fingerprint density at radius 2 is 1.67 bits per heavy atom. The second-order valence-electron chi connectivity index (χ2n) is 10.7. The molecule has 3 fully saturated rings. The molecule has 6 heteroatoms. The molecule has 0 aliphatic carbocycles. The molecule has 0 spiro atoms. The van der Waals surface area contributed by atoms with Crippen LogP contribution in [0.2, 0.25) is 0 Å². The number of rotatable bonds is 5. The van der Waals surface area contributed by atoms with E-state index in [0.717, 1.165) is 36.4 Å². The molecule has 2 bridgehead atoms. The van der Waals surface area contributed by atoms with Crippen LogP contribution < -0.4 is 15.0 Å². The zero-order chi connectivity index (χ0) is 24.1. The first-order chi connectivity index (χ1) is 17.7. The number of likely N-dealkylation sites (tertiary alicyclic amines) is 1. The van der Waals surface area contributed by atoms with E-state index in [1.807, 2.05) is 0 Å². The van der Waals surface area contributed by atoms with Crippen molar-refractivity contribution >= 4 is 27.5 Å². The zero-order valence-corrected chi connectivity index (χ0v) is 20.9. The van der Waals surface area contributed by atoms with E-state index in [9.17, 15) is 0 Å². The highest BCUT2D eigenvalue weighted by Crippen LogP contribution is 2.37. The SMILES string of the molecule is CN1CCC[C@H]1COc1nc(N2[C@@H]3CC[C@H]2CNC3)c2ccc(-c3ccc4ccccc4c3)cc2n1. The second-order valence-corrected chi connectivity index (χ2v) is 10.7. The fourth-order valence-electron chi connectivity index (χ4n) is 6.39. The number of piperazine rings is 1. The van der Waals surface area contributed by atoms with Gasteiger partial charge in [0.25, 0.3) is 0 Å². The van der Waals surface area contributed by atoms with Crippen LogP contribution in [0.1, 0.15) is 25.7 Å². The van der Waals surface area contributed by atoms with Gasteiger partial charge in [0.1, 0.15) is 12.4 Å². The number of benzene rings is 3. The first-order valence-electron chi connectivity index (χ1n) is 13.4. The molecule has 0 amide bonds. The highest BCUT2D eigenvalue weighted by Gasteiger charge is 2.38. The molecule has 7 rings (SSSR count). The van der Waals surface area contributed by atoms with E-state index in [1.165, 1.54) is 47.6 Å². The molecule has 1 aromatic heterocycles. The van der Waals surface area contributed by atoms with Crippen molar-refractivity contribution in [3.8, 4) is 17.1 Å². The smallest absolute Gasteiger partial charge is 0.319 e. The maximum absolute atomic E-state index is 6.29. The number of nitrogens with zero attached hydrogens (tertiary/aromatic N) is 4. The van der Waals surface area contributed by atoms with Gasteiger partial charge in [-0.05, 0) is 79.4 Å². The number of likely N-dealkylation sites (N-methyl/N-ethyl adjacent to an activating group) is 1. The van der Waals surface area contributed by atoms with Gasteiger partial charge in [0.05, 0.1) is 5.52 Å². The normalized spacial score (nSPS) is 24.1. The van der Waals surface area contributed by atoms with Crippen LogP contribution in [0, 0.1) is 0 Å². The third kappa shape index (κ3) is 3.89. The Bertz CT molecular complexity index is 1410. The number of hydrogen-bond acceptors (Lipinski definition) is 6. The van der Waals surface area contributed by atoms with E-state index < -0.39 is 0 Å². The first kappa shape index (κ1) is 22.0. The summed E-state index contributed by atoms with van der Waals surface area (Å²) in [5, 5.41) is 7.22. The number of nitrogens with one attached hydrogen (secondary N) is 1. The highest BCUT2D eigenvalue weighted by molar-refractivity contribution is 5.94. The molecule has 3 aromatic carbocycles. The second kappa shape index (κ2) is 9.02. The molecule has 1 N–H and O–H groups in total. The maximum Gasteiger partial charge on any atom is 0.319 e. The highest BCUT2D eigenvalue weighted by atomic mass is 16.5. The predicted octanol–water partition coefficient (Wildman–Crippen LogP) is 4.86. The standard InChI is InChI=1S/C30H33N5O/c1-34-14-4-7-26(34)19-36-30-32-28-16-23(22-9-8-20-5-2-3-6-21(20)15-22)10-13-27(28)29(33-30)35-24-11-12-25(35)18-31-17-24/h2-3,5-6,8-10,13,15-16,24-26,31H,4,7,11-12,14,17-19H2,1H3/t24-,25+,26-/m0/s1. The molecule has 3 aliphatic rings. The molecule has 4 heterocycles. The fourth-order valence-corrected chi connectivity index (χ4v) is 6.39. The summed E-state index contributed by atoms with van der Waals surface area (Å²) in [5.41, 5.74) is 3.33. The lowest BCUT2D eigenvalue weighted by Crippen LogP contribution is -2.52. The van der Waals surface area contributed by atoms with Crippen LogP contribution in [0.15, 0.2) is 60.7 Å². The number of ether oxygens (including phenoxy) is 1. The van der Waals surface area contributed by atoms with Gasteiger partial charge in [-0.15, -0.1) is 0 Å². The van der Waals surface area contributed by atoms with Crippen LogP contribution in [0.4, 0.5) is 5.82 Å². The topological polar surface area (TPSA) is 53.5 Å². The minimum absolute atomic E-state index is 0.437. The first-order valence-corrected chi connectivity index (χ1v) is 13.4.